The predicted octanol–water partition coefficient (Wildman–Crippen LogP) is 1.59. The smallest absolute Gasteiger partial charge is 0.0498 e. The van der Waals surface area contributed by atoms with Gasteiger partial charge in [0.1, 0.15) is 0 Å². The average Bonchev–Trinajstić information content (AvgIpc) is 2.73. The van der Waals surface area contributed by atoms with E-state index in [1.165, 1.54) is 16.6 Å². The molecule has 0 aliphatic carbocycles. The molecule has 0 radical (unpaired) electrons. The number of hydrogen-bond donors (Lipinski definition) is 1. The Bertz CT molecular complexity index is 495. The average molecular weight is 215 g/mol. The maximum atomic E-state index is 3.39. The lowest BCUT2D eigenvalue weighted by atomic mass is 10.2. The van der Waals surface area contributed by atoms with E-state index in [1.54, 1.807) is 0 Å². The monoisotopic (exact) mass is 215 g/mol. The fourth-order valence-corrected chi connectivity index (χ4v) is 2.47. The second kappa shape index (κ2) is 3.83. The first-order valence-electron chi connectivity index (χ1n) is 5.86. The van der Waals surface area contributed by atoms with Crippen molar-refractivity contribution in [3.05, 3.63) is 30.5 Å². The Kier molecular flexibility index (Phi) is 2.33. The molecule has 3 rings (SSSR count). The molecule has 0 unspecified atom stereocenters. The molecule has 1 aliphatic heterocycles. The van der Waals surface area contributed by atoms with Crippen molar-refractivity contribution < 1.29 is 0 Å². The summed E-state index contributed by atoms with van der Waals surface area (Å²) in [6.07, 6.45) is 2.14. The number of hydrogen-bond acceptors (Lipinski definition) is 2. The first-order chi connectivity index (χ1) is 7.86. The van der Waals surface area contributed by atoms with Crippen LogP contribution in [0.15, 0.2) is 30.5 Å². The van der Waals surface area contributed by atoms with Gasteiger partial charge in [-0.1, -0.05) is 6.07 Å². The topological polar surface area (TPSA) is 20.2 Å². The molecular formula is C13H17N3. The number of aromatic nitrogens is 1. The van der Waals surface area contributed by atoms with E-state index in [4.69, 9.17) is 0 Å². The van der Waals surface area contributed by atoms with Crippen LogP contribution in [0, 0.1) is 0 Å². The van der Waals surface area contributed by atoms with Gasteiger partial charge in [0.15, 0.2) is 0 Å². The van der Waals surface area contributed by atoms with Gasteiger partial charge in [-0.2, -0.15) is 0 Å². The molecule has 3 nitrogen and oxygen atoms in total. The molecule has 1 saturated heterocycles. The second-order valence-corrected chi connectivity index (χ2v) is 4.37. The molecule has 0 saturated carbocycles. The van der Waals surface area contributed by atoms with Gasteiger partial charge in [-0.15, -0.1) is 0 Å². The lowest BCUT2D eigenvalue weighted by Crippen LogP contribution is -2.43. The molecular weight excluding hydrogens is 198 g/mol. The second-order valence-electron chi connectivity index (χ2n) is 4.37. The summed E-state index contributed by atoms with van der Waals surface area (Å²) in [5.41, 5.74) is 2.69. The highest BCUT2D eigenvalue weighted by Gasteiger charge is 2.13. The Labute approximate surface area is 95.7 Å². The van der Waals surface area contributed by atoms with E-state index < -0.39 is 0 Å². The minimum absolute atomic E-state index is 1.09. The van der Waals surface area contributed by atoms with Crippen LogP contribution in [0.2, 0.25) is 0 Å². The maximum Gasteiger partial charge on any atom is 0.0498 e. The largest absolute Gasteiger partial charge is 0.368 e. The minimum atomic E-state index is 1.09. The molecule has 0 atom stereocenters. The third-order valence-corrected chi connectivity index (χ3v) is 3.36. The molecule has 1 aromatic heterocycles. The van der Waals surface area contributed by atoms with Crippen LogP contribution in [-0.4, -0.2) is 30.7 Å². The molecule has 0 amide bonds. The van der Waals surface area contributed by atoms with E-state index in [1.807, 2.05) is 0 Å². The summed E-state index contributed by atoms with van der Waals surface area (Å²) in [6, 6.07) is 8.78. The van der Waals surface area contributed by atoms with Gasteiger partial charge in [0.2, 0.25) is 0 Å². The van der Waals surface area contributed by atoms with Crippen LogP contribution in [0.25, 0.3) is 10.9 Å². The number of aryl methyl sites for hydroxylation is 1. The van der Waals surface area contributed by atoms with E-state index in [9.17, 15) is 0 Å². The zero-order valence-electron chi connectivity index (χ0n) is 9.61. The fraction of sp³-hybridized carbons (Fsp3) is 0.385. The number of nitrogens with zero attached hydrogens (tertiary/aromatic N) is 2. The standard InChI is InChI=1S/C13H17N3/c1-15-8-5-11-12(15)3-2-4-13(11)16-9-6-14-7-10-16/h2-5,8,14H,6-7,9-10H2,1H3. The molecule has 16 heavy (non-hydrogen) atoms. The summed E-state index contributed by atoms with van der Waals surface area (Å²) in [5, 5.41) is 4.76. The van der Waals surface area contributed by atoms with Crippen molar-refractivity contribution >= 4 is 16.6 Å². The molecule has 0 bridgehead atoms. The molecule has 2 aromatic rings. The number of rotatable bonds is 1. The lowest BCUT2D eigenvalue weighted by molar-refractivity contribution is 0.590. The van der Waals surface area contributed by atoms with Crippen molar-refractivity contribution in [3.63, 3.8) is 0 Å². The van der Waals surface area contributed by atoms with Crippen molar-refractivity contribution in [3.8, 4) is 0 Å². The van der Waals surface area contributed by atoms with Crippen molar-refractivity contribution in [1.82, 2.24) is 9.88 Å². The number of anilines is 1. The minimum Gasteiger partial charge on any atom is -0.368 e. The first-order valence-corrected chi connectivity index (χ1v) is 5.86. The van der Waals surface area contributed by atoms with Gasteiger partial charge in [-0.05, 0) is 18.2 Å². The normalized spacial score (nSPS) is 16.9. The molecule has 1 fully saturated rings. The van der Waals surface area contributed by atoms with Crippen LogP contribution in [-0.2, 0) is 7.05 Å². The molecule has 1 aromatic carbocycles. The number of nitrogens with one attached hydrogen (secondary N) is 1. The van der Waals surface area contributed by atoms with Crippen molar-refractivity contribution in [1.29, 1.82) is 0 Å². The van der Waals surface area contributed by atoms with Gasteiger partial charge in [0, 0.05) is 56.0 Å². The predicted molar refractivity (Wildman–Crippen MR) is 68.0 cm³/mol. The number of piperazine rings is 1. The number of fused-ring (bicyclic) bond motifs is 1. The molecule has 3 heteroatoms. The maximum absolute atomic E-state index is 3.39. The molecule has 84 valence electrons. The Hall–Kier alpha value is -1.48. The SMILES string of the molecule is Cn1ccc2c(N3CCNCC3)cccc21. The van der Waals surface area contributed by atoms with Gasteiger partial charge in [0.25, 0.3) is 0 Å². The quantitative estimate of drug-likeness (QED) is 0.779. The zero-order chi connectivity index (χ0) is 11.0. The zero-order valence-corrected chi connectivity index (χ0v) is 9.61. The van der Waals surface area contributed by atoms with E-state index in [2.05, 4.69) is 52.3 Å². The van der Waals surface area contributed by atoms with Gasteiger partial charge < -0.3 is 14.8 Å². The van der Waals surface area contributed by atoms with Gasteiger partial charge in [-0.25, -0.2) is 0 Å². The van der Waals surface area contributed by atoms with E-state index in [0.717, 1.165) is 26.2 Å². The van der Waals surface area contributed by atoms with Crippen LogP contribution in [0.4, 0.5) is 5.69 Å². The Morgan fingerprint density at radius 1 is 1.12 bits per heavy atom. The van der Waals surface area contributed by atoms with Crippen molar-refractivity contribution in [2.45, 2.75) is 0 Å². The summed E-state index contributed by atoms with van der Waals surface area (Å²) in [7, 11) is 2.10. The van der Waals surface area contributed by atoms with Gasteiger partial charge in [-0.3, -0.25) is 0 Å². The first kappa shape index (κ1) is 9.73. The van der Waals surface area contributed by atoms with Crippen molar-refractivity contribution in [2.75, 3.05) is 31.1 Å². The van der Waals surface area contributed by atoms with Crippen LogP contribution < -0.4 is 10.2 Å². The van der Waals surface area contributed by atoms with Crippen molar-refractivity contribution in [2.24, 2.45) is 7.05 Å². The Balaban J connectivity index is 2.08. The van der Waals surface area contributed by atoms with E-state index in [0.29, 0.717) is 0 Å². The van der Waals surface area contributed by atoms with E-state index in [-0.39, 0.29) is 0 Å². The molecule has 2 heterocycles. The third kappa shape index (κ3) is 1.48. The van der Waals surface area contributed by atoms with Crippen LogP contribution >= 0.6 is 0 Å². The summed E-state index contributed by atoms with van der Waals surface area (Å²) in [5.74, 6) is 0. The third-order valence-electron chi connectivity index (χ3n) is 3.36. The molecule has 0 spiro atoms. The van der Waals surface area contributed by atoms with Gasteiger partial charge >= 0.3 is 0 Å². The van der Waals surface area contributed by atoms with Crippen LogP contribution in [0.1, 0.15) is 0 Å². The summed E-state index contributed by atoms with van der Waals surface area (Å²) in [4.78, 5) is 2.47. The summed E-state index contributed by atoms with van der Waals surface area (Å²) in [6.45, 7) is 4.38. The Morgan fingerprint density at radius 3 is 2.75 bits per heavy atom. The lowest BCUT2D eigenvalue weighted by Gasteiger charge is -2.30. The highest BCUT2D eigenvalue weighted by Crippen LogP contribution is 2.27. The summed E-state index contributed by atoms with van der Waals surface area (Å²) >= 11 is 0. The fourth-order valence-electron chi connectivity index (χ4n) is 2.47. The van der Waals surface area contributed by atoms with Crippen LogP contribution in [0.3, 0.4) is 0 Å². The van der Waals surface area contributed by atoms with E-state index >= 15 is 0 Å². The molecule has 1 N–H and O–H groups in total. The highest BCUT2D eigenvalue weighted by atomic mass is 15.2. The Morgan fingerprint density at radius 2 is 1.94 bits per heavy atom. The highest BCUT2D eigenvalue weighted by molar-refractivity contribution is 5.93. The summed E-state index contributed by atoms with van der Waals surface area (Å²) < 4.78 is 2.18. The van der Waals surface area contributed by atoms with Crippen LogP contribution in [0.5, 0.6) is 0 Å². The van der Waals surface area contributed by atoms with Gasteiger partial charge in [0.05, 0.1) is 0 Å². The molecule has 1 aliphatic rings. The number of benzene rings is 1.